The van der Waals surface area contributed by atoms with Crippen LogP contribution in [0.3, 0.4) is 0 Å². The highest BCUT2D eigenvalue weighted by Gasteiger charge is 2.32. The minimum absolute atomic E-state index is 0.0368. The topological polar surface area (TPSA) is 93.4 Å². The number of pyridine rings is 1. The fourth-order valence-corrected chi connectivity index (χ4v) is 4.51. The van der Waals surface area contributed by atoms with Crippen molar-refractivity contribution in [1.82, 2.24) is 19.2 Å². The van der Waals surface area contributed by atoms with Crippen LogP contribution in [0.25, 0.3) is 5.65 Å². The van der Waals surface area contributed by atoms with E-state index in [4.69, 9.17) is 9.47 Å². The van der Waals surface area contributed by atoms with Crippen molar-refractivity contribution in [3.05, 3.63) is 112 Å². The lowest BCUT2D eigenvalue weighted by atomic mass is 10.2. The summed E-state index contributed by atoms with van der Waals surface area (Å²) in [7, 11) is 1.58. The number of carbonyl (C=O) groups is 2. The zero-order valence-electron chi connectivity index (χ0n) is 21.3. The molecule has 0 spiro atoms. The molecule has 10 heteroatoms. The van der Waals surface area contributed by atoms with Gasteiger partial charge in [0.2, 0.25) is 5.91 Å². The van der Waals surface area contributed by atoms with Crippen LogP contribution in [0.5, 0.6) is 5.75 Å². The van der Waals surface area contributed by atoms with Gasteiger partial charge in [0, 0.05) is 37.6 Å². The largest absolute Gasteiger partial charge is 0.497 e. The summed E-state index contributed by atoms with van der Waals surface area (Å²) in [6.07, 6.45) is 2.14. The Hall–Kier alpha value is -4.57. The molecule has 4 aromatic rings. The summed E-state index contributed by atoms with van der Waals surface area (Å²) in [4.78, 5) is 47.1. The van der Waals surface area contributed by atoms with Crippen molar-refractivity contribution >= 4 is 17.5 Å². The monoisotopic (exact) mass is 530 g/mol. The SMILES string of the molecule is COc1ccc(CN2CC(OCc3ccccc3F)CN(C(=O)c3cnc4ccccn4c3=O)CC2=O)cc1. The first-order chi connectivity index (χ1) is 18.9. The van der Waals surface area contributed by atoms with Gasteiger partial charge in [0.1, 0.15) is 29.3 Å². The van der Waals surface area contributed by atoms with Gasteiger partial charge in [0.25, 0.3) is 11.5 Å². The normalized spacial score (nSPS) is 15.8. The van der Waals surface area contributed by atoms with Gasteiger partial charge in [0.05, 0.1) is 19.8 Å². The number of fused-ring (bicyclic) bond motifs is 1. The van der Waals surface area contributed by atoms with E-state index in [0.717, 1.165) is 5.56 Å². The molecule has 0 N–H and O–H groups in total. The van der Waals surface area contributed by atoms with Crippen LogP contribution in [-0.2, 0) is 22.7 Å². The van der Waals surface area contributed by atoms with E-state index in [9.17, 15) is 18.8 Å². The summed E-state index contributed by atoms with van der Waals surface area (Å²) in [5.74, 6) is -0.630. The zero-order valence-corrected chi connectivity index (χ0v) is 21.3. The zero-order chi connectivity index (χ0) is 27.4. The maximum Gasteiger partial charge on any atom is 0.270 e. The van der Waals surface area contributed by atoms with Gasteiger partial charge in [-0.2, -0.15) is 0 Å². The molecule has 1 fully saturated rings. The average Bonchev–Trinajstić information content (AvgIpc) is 3.11. The van der Waals surface area contributed by atoms with Crippen molar-refractivity contribution in [2.45, 2.75) is 19.3 Å². The summed E-state index contributed by atoms with van der Waals surface area (Å²) < 4.78 is 26.8. The number of halogens is 1. The third-order valence-corrected chi connectivity index (χ3v) is 6.62. The molecule has 200 valence electrons. The number of hydrogen-bond donors (Lipinski definition) is 0. The summed E-state index contributed by atoms with van der Waals surface area (Å²) in [5, 5.41) is 0. The molecule has 1 saturated heterocycles. The number of carbonyl (C=O) groups excluding carboxylic acids is 2. The Balaban J connectivity index is 1.41. The minimum Gasteiger partial charge on any atom is -0.497 e. The standard InChI is InChI=1S/C29H27FN4O5/c1-38-22-11-9-20(10-12-22)15-32-16-23(39-19-21-6-2-3-7-25(21)30)17-33(18-27(32)35)28(36)24-14-31-26-8-4-5-13-34(26)29(24)37/h2-14,23H,15-19H2,1H3. The van der Waals surface area contributed by atoms with Crippen LogP contribution >= 0.6 is 0 Å². The maximum absolute atomic E-state index is 14.2. The van der Waals surface area contributed by atoms with Gasteiger partial charge in [-0.15, -0.1) is 0 Å². The van der Waals surface area contributed by atoms with E-state index in [1.807, 2.05) is 12.1 Å². The second-order valence-electron chi connectivity index (χ2n) is 9.24. The summed E-state index contributed by atoms with van der Waals surface area (Å²) >= 11 is 0. The van der Waals surface area contributed by atoms with Crippen LogP contribution in [0.4, 0.5) is 4.39 Å². The number of aromatic nitrogens is 2. The lowest BCUT2D eigenvalue weighted by Crippen LogP contribution is -2.42. The predicted molar refractivity (Wildman–Crippen MR) is 141 cm³/mol. The van der Waals surface area contributed by atoms with Gasteiger partial charge in [-0.1, -0.05) is 36.4 Å². The molecule has 39 heavy (non-hydrogen) atoms. The van der Waals surface area contributed by atoms with E-state index in [1.165, 1.54) is 27.8 Å². The molecule has 0 radical (unpaired) electrons. The summed E-state index contributed by atoms with van der Waals surface area (Å²) in [6, 6.07) is 18.7. The molecule has 1 atom stereocenters. The Bertz CT molecular complexity index is 1560. The predicted octanol–water partition coefficient (Wildman–Crippen LogP) is 2.91. The molecule has 0 aliphatic carbocycles. The van der Waals surface area contributed by atoms with Crippen molar-refractivity contribution in [1.29, 1.82) is 0 Å². The van der Waals surface area contributed by atoms with Crippen LogP contribution in [0.2, 0.25) is 0 Å². The number of ether oxygens (including phenoxy) is 2. The second-order valence-corrected chi connectivity index (χ2v) is 9.24. The van der Waals surface area contributed by atoms with E-state index in [-0.39, 0.29) is 44.3 Å². The fourth-order valence-electron chi connectivity index (χ4n) is 4.51. The number of rotatable bonds is 7. The van der Waals surface area contributed by atoms with Crippen LogP contribution in [0, 0.1) is 5.82 Å². The molecule has 9 nitrogen and oxygen atoms in total. The Labute approximate surface area is 224 Å². The number of amides is 2. The molecule has 1 unspecified atom stereocenters. The molecule has 2 aromatic carbocycles. The van der Waals surface area contributed by atoms with Crippen molar-refractivity contribution in [3.8, 4) is 5.75 Å². The third kappa shape index (κ3) is 5.80. The van der Waals surface area contributed by atoms with Gasteiger partial charge < -0.3 is 19.3 Å². The molecule has 2 amide bonds. The van der Waals surface area contributed by atoms with E-state index in [1.54, 1.807) is 60.5 Å². The molecule has 0 bridgehead atoms. The third-order valence-electron chi connectivity index (χ3n) is 6.62. The van der Waals surface area contributed by atoms with Gasteiger partial charge in [-0.3, -0.25) is 18.8 Å². The number of methoxy groups -OCH3 is 1. The quantitative estimate of drug-likeness (QED) is 0.365. The molecular formula is C29H27FN4O5. The van der Waals surface area contributed by atoms with E-state index < -0.39 is 23.4 Å². The van der Waals surface area contributed by atoms with Gasteiger partial charge in [-0.05, 0) is 35.9 Å². The maximum atomic E-state index is 14.2. The highest BCUT2D eigenvalue weighted by Crippen LogP contribution is 2.18. The first-order valence-corrected chi connectivity index (χ1v) is 12.4. The lowest BCUT2D eigenvalue weighted by molar-refractivity contribution is -0.132. The molecule has 1 aliphatic heterocycles. The first kappa shape index (κ1) is 26.1. The van der Waals surface area contributed by atoms with Crippen molar-refractivity contribution in [2.24, 2.45) is 0 Å². The van der Waals surface area contributed by atoms with E-state index >= 15 is 0 Å². The number of nitrogens with zero attached hydrogens (tertiary/aromatic N) is 4. The van der Waals surface area contributed by atoms with Crippen molar-refractivity contribution < 1.29 is 23.5 Å². The second kappa shape index (κ2) is 11.4. The summed E-state index contributed by atoms with van der Waals surface area (Å²) in [6.45, 7) is 0.216. The highest BCUT2D eigenvalue weighted by atomic mass is 19.1. The highest BCUT2D eigenvalue weighted by molar-refractivity contribution is 5.96. The van der Waals surface area contributed by atoms with E-state index in [0.29, 0.717) is 17.0 Å². The van der Waals surface area contributed by atoms with Crippen molar-refractivity contribution in [2.75, 3.05) is 26.7 Å². The van der Waals surface area contributed by atoms with Crippen LogP contribution in [0.15, 0.2) is 83.9 Å². The fraction of sp³-hybridized carbons (Fsp3) is 0.241. The molecule has 5 rings (SSSR count). The van der Waals surface area contributed by atoms with E-state index in [2.05, 4.69) is 4.98 Å². The Morgan fingerprint density at radius 2 is 1.79 bits per heavy atom. The molecule has 2 aromatic heterocycles. The van der Waals surface area contributed by atoms with Crippen LogP contribution in [-0.4, -0.2) is 63.8 Å². The molecule has 3 heterocycles. The summed E-state index contributed by atoms with van der Waals surface area (Å²) in [5.41, 5.74) is 0.963. The lowest BCUT2D eigenvalue weighted by Gasteiger charge is -2.25. The van der Waals surface area contributed by atoms with Crippen LogP contribution < -0.4 is 10.3 Å². The van der Waals surface area contributed by atoms with Gasteiger partial charge in [0.15, 0.2) is 0 Å². The first-order valence-electron chi connectivity index (χ1n) is 12.4. The van der Waals surface area contributed by atoms with Crippen molar-refractivity contribution in [3.63, 3.8) is 0 Å². The van der Waals surface area contributed by atoms with Gasteiger partial charge in [-0.25, -0.2) is 9.37 Å². The smallest absolute Gasteiger partial charge is 0.270 e. The average molecular weight is 531 g/mol. The molecule has 0 saturated carbocycles. The molecule has 1 aliphatic rings. The Kier molecular flexibility index (Phi) is 7.64. The Morgan fingerprint density at radius 1 is 1.03 bits per heavy atom. The molecular weight excluding hydrogens is 503 g/mol. The van der Waals surface area contributed by atoms with Crippen LogP contribution in [0.1, 0.15) is 21.5 Å². The van der Waals surface area contributed by atoms with Gasteiger partial charge >= 0.3 is 0 Å². The minimum atomic E-state index is -0.630. The number of benzene rings is 2. The number of hydrogen-bond acceptors (Lipinski definition) is 6. The Morgan fingerprint density at radius 3 is 2.56 bits per heavy atom.